The molecule has 9 nitrogen and oxygen atoms in total. The summed E-state index contributed by atoms with van der Waals surface area (Å²) in [5.41, 5.74) is 4.50. The molecule has 1 unspecified atom stereocenters. The molecule has 5 rings (SSSR count). The summed E-state index contributed by atoms with van der Waals surface area (Å²) < 4.78 is 11.3. The molecule has 0 amide bonds. The minimum Gasteiger partial charge on any atom is -0.491 e. The van der Waals surface area contributed by atoms with Crippen LogP contribution < -0.4 is 15.0 Å². The molecule has 36 heavy (non-hydrogen) atoms. The highest BCUT2D eigenvalue weighted by atomic mass is 16.5. The molecule has 1 saturated heterocycles. The lowest BCUT2D eigenvalue weighted by Gasteiger charge is -2.36. The fraction of sp³-hybridized carbons (Fsp3) is 0.519. The van der Waals surface area contributed by atoms with Crippen molar-refractivity contribution in [3.05, 3.63) is 41.3 Å². The second-order valence-corrected chi connectivity index (χ2v) is 9.85. The molecule has 0 bridgehead atoms. The Bertz CT molecular complexity index is 1180. The Kier molecular flexibility index (Phi) is 7.22. The Morgan fingerprint density at radius 3 is 2.58 bits per heavy atom. The lowest BCUT2D eigenvalue weighted by atomic mass is 10.0. The first-order chi connectivity index (χ1) is 17.4. The van der Waals surface area contributed by atoms with Gasteiger partial charge in [-0.3, -0.25) is 4.90 Å². The third-order valence-electron chi connectivity index (χ3n) is 7.04. The normalized spacial score (nSPS) is 17.4. The van der Waals surface area contributed by atoms with Crippen LogP contribution in [0.15, 0.2) is 28.8 Å². The second-order valence-electron chi connectivity index (χ2n) is 9.85. The Morgan fingerprint density at radius 1 is 1.14 bits per heavy atom. The summed E-state index contributed by atoms with van der Waals surface area (Å²) in [5.74, 6) is 3.02. The molecule has 1 aliphatic carbocycles. The van der Waals surface area contributed by atoms with Gasteiger partial charge in [0, 0.05) is 49.9 Å². The van der Waals surface area contributed by atoms with Crippen LogP contribution in [0.4, 0.5) is 5.82 Å². The molecule has 3 heterocycles. The second kappa shape index (κ2) is 10.5. The highest BCUT2D eigenvalue weighted by Gasteiger charge is 2.32. The number of likely N-dealkylation sites (N-methyl/N-ethyl adjacent to an activating group) is 1. The van der Waals surface area contributed by atoms with Gasteiger partial charge < -0.3 is 24.6 Å². The molecule has 0 spiro atoms. The van der Waals surface area contributed by atoms with Gasteiger partial charge in [0.25, 0.3) is 0 Å². The number of piperazine rings is 1. The predicted molar refractivity (Wildman–Crippen MR) is 139 cm³/mol. The number of benzene rings is 1. The van der Waals surface area contributed by atoms with E-state index < -0.39 is 6.10 Å². The van der Waals surface area contributed by atoms with Crippen LogP contribution in [0.5, 0.6) is 5.75 Å². The van der Waals surface area contributed by atoms with Crippen LogP contribution in [0, 0.1) is 20.8 Å². The zero-order valence-corrected chi connectivity index (χ0v) is 21.6. The number of aliphatic hydroxyl groups is 1. The average molecular weight is 493 g/mol. The van der Waals surface area contributed by atoms with Crippen molar-refractivity contribution < 1.29 is 14.4 Å². The summed E-state index contributed by atoms with van der Waals surface area (Å²) in [6.45, 7) is 10.7. The van der Waals surface area contributed by atoms with Crippen molar-refractivity contribution >= 4 is 5.82 Å². The summed E-state index contributed by atoms with van der Waals surface area (Å²) >= 11 is 0. The first-order valence-corrected chi connectivity index (χ1v) is 12.8. The topological polar surface area (TPSA) is 99.8 Å². The van der Waals surface area contributed by atoms with Crippen LogP contribution in [0.3, 0.4) is 0 Å². The number of anilines is 1. The van der Waals surface area contributed by atoms with E-state index >= 15 is 0 Å². The Morgan fingerprint density at radius 2 is 1.92 bits per heavy atom. The lowest BCUT2D eigenvalue weighted by molar-refractivity contribution is 0.108. The number of rotatable bonds is 9. The number of ether oxygens (including phenoxy) is 1. The average Bonchev–Trinajstić information content (AvgIpc) is 3.68. The molecule has 3 aromatic rings. The Labute approximate surface area is 212 Å². The van der Waals surface area contributed by atoms with E-state index in [1.54, 1.807) is 7.05 Å². The van der Waals surface area contributed by atoms with Crippen molar-refractivity contribution in [2.45, 2.75) is 45.8 Å². The number of aryl methyl sites for hydroxylation is 2. The van der Waals surface area contributed by atoms with Crippen LogP contribution in [0.1, 0.15) is 29.9 Å². The van der Waals surface area contributed by atoms with Gasteiger partial charge in [0.1, 0.15) is 30.0 Å². The summed E-state index contributed by atoms with van der Waals surface area (Å²) in [6.07, 6.45) is 2.08. The largest absolute Gasteiger partial charge is 0.491 e. The van der Waals surface area contributed by atoms with Gasteiger partial charge in [-0.1, -0.05) is 17.3 Å². The summed E-state index contributed by atoms with van der Waals surface area (Å²) in [5, 5.41) is 17.2. The number of aromatic nitrogens is 3. The minimum atomic E-state index is -0.582. The van der Waals surface area contributed by atoms with E-state index in [9.17, 15) is 5.11 Å². The zero-order chi connectivity index (χ0) is 25.2. The van der Waals surface area contributed by atoms with Gasteiger partial charge in [0.05, 0.1) is 17.0 Å². The fourth-order valence-electron chi connectivity index (χ4n) is 4.96. The molecule has 192 valence electrons. The van der Waals surface area contributed by atoms with Gasteiger partial charge in [-0.25, -0.2) is 9.97 Å². The first kappa shape index (κ1) is 24.7. The molecular formula is C27H36N6O3. The van der Waals surface area contributed by atoms with Gasteiger partial charge in [0.2, 0.25) is 0 Å². The predicted octanol–water partition coefficient (Wildman–Crippen LogP) is 2.97. The maximum absolute atomic E-state index is 10.0. The smallest absolute Gasteiger partial charge is 0.162 e. The molecule has 2 aromatic heterocycles. The number of aliphatic hydroxyl groups excluding tert-OH is 1. The minimum absolute atomic E-state index is 0.208. The molecule has 1 atom stereocenters. The highest BCUT2D eigenvalue weighted by Crippen LogP contribution is 2.36. The SMILES string of the molecule is CNCC(O)COc1cccc(-c2nc(-c3c(C)noc3C)c(C)c(N3CCN(C4CC4)CC3)n2)c1. The van der Waals surface area contributed by atoms with E-state index in [0.717, 1.165) is 71.9 Å². The Balaban J connectivity index is 1.50. The molecule has 1 aromatic carbocycles. The van der Waals surface area contributed by atoms with E-state index in [0.29, 0.717) is 18.1 Å². The molecule has 1 aliphatic heterocycles. The van der Waals surface area contributed by atoms with E-state index in [-0.39, 0.29) is 6.61 Å². The van der Waals surface area contributed by atoms with Crippen molar-refractivity contribution in [1.29, 1.82) is 0 Å². The number of nitrogens with one attached hydrogen (secondary N) is 1. The molecule has 2 fully saturated rings. The monoisotopic (exact) mass is 492 g/mol. The van der Waals surface area contributed by atoms with E-state index in [1.165, 1.54) is 12.8 Å². The summed E-state index contributed by atoms with van der Waals surface area (Å²) in [6, 6.07) is 8.52. The summed E-state index contributed by atoms with van der Waals surface area (Å²) in [7, 11) is 1.80. The zero-order valence-electron chi connectivity index (χ0n) is 21.6. The maximum atomic E-state index is 10.0. The molecule has 2 N–H and O–H groups in total. The van der Waals surface area contributed by atoms with Gasteiger partial charge in [-0.2, -0.15) is 0 Å². The molecule has 9 heteroatoms. The van der Waals surface area contributed by atoms with E-state index in [1.807, 2.05) is 38.1 Å². The van der Waals surface area contributed by atoms with Gasteiger partial charge in [-0.15, -0.1) is 0 Å². The Hall–Kier alpha value is -3.01. The molecule has 0 radical (unpaired) electrons. The third kappa shape index (κ3) is 5.23. The number of nitrogens with zero attached hydrogens (tertiary/aromatic N) is 5. The highest BCUT2D eigenvalue weighted by molar-refractivity contribution is 5.75. The third-order valence-corrected chi connectivity index (χ3v) is 7.04. The molecule has 2 aliphatic rings. The van der Waals surface area contributed by atoms with Crippen LogP contribution >= 0.6 is 0 Å². The number of hydrogen-bond acceptors (Lipinski definition) is 9. The quantitative estimate of drug-likeness (QED) is 0.467. The maximum Gasteiger partial charge on any atom is 0.162 e. The van der Waals surface area contributed by atoms with Gasteiger partial charge in [-0.05, 0) is 52.8 Å². The van der Waals surface area contributed by atoms with Crippen LogP contribution in [0.25, 0.3) is 22.6 Å². The summed E-state index contributed by atoms with van der Waals surface area (Å²) in [4.78, 5) is 15.1. The van der Waals surface area contributed by atoms with Crippen molar-refractivity contribution in [3.63, 3.8) is 0 Å². The van der Waals surface area contributed by atoms with E-state index in [4.69, 9.17) is 19.2 Å². The van der Waals surface area contributed by atoms with Crippen LogP contribution in [-0.2, 0) is 0 Å². The molecule has 1 saturated carbocycles. The van der Waals surface area contributed by atoms with E-state index in [2.05, 4.69) is 27.2 Å². The van der Waals surface area contributed by atoms with Crippen molar-refractivity contribution in [3.8, 4) is 28.4 Å². The number of hydrogen-bond donors (Lipinski definition) is 2. The first-order valence-electron chi connectivity index (χ1n) is 12.8. The van der Waals surface area contributed by atoms with Crippen LogP contribution in [0.2, 0.25) is 0 Å². The van der Waals surface area contributed by atoms with Gasteiger partial charge >= 0.3 is 0 Å². The fourth-order valence-corrected chi connectivity index (χ4v) is 4.96. The standard InChI is InChI=1S/C27H36N6O3/c1-17-25(24-18(2)31-36-19(24)3)29-26(20-6-5-7-23(14-20)35-16-22(34)15-28-4)30-27(17)33-12-10-32(11-13-33)21-8-9-21/h5-7,14,21-22,28,34H,8-13,15-16H2,1-4H3. The van der Waals surface area contributed by atoms with Crippen molar-refractivity contribution in [2.24, 2.45) is 0 Å². The lowest BCUT2D eigenvalue weighted by Crippen LogP contribution is -2.47. The van der Waals surface area contributed by atoms with Gasteiger partial charge in [0.15, 0.2) is 5.82 Å². The van der Waals surface area contributed by atoms with Crippen molar-refractivity contribution in [2.75, 3.05) is 51.3 Å². The van der Waals surface area contributed by atoms with Crippen molar-refractivity contribution in [1.82, 2.24) is 25.3 Å². The molecular weight excluding hydrogens is 456 g/mol. The van der Waals surface area contributed by atoms with Crippen LogP contribution in [-0.4, -0.2) is 83.7 Å².